The van der Waals surface area contributed by atoms with Crippen LogP contribution < -0.4 is 0 Å². The molecular formula is C10H17O4PS. The predicted octanol–water partition coefficient (Wildman–Crippen LogP) is 3.18. The summed E-state index contributed by atoms with van der Waals surface area (Å²) >= 11 is 1.33. The van der Waals surface area contributed by atoms with Crippen molar-refractivity contribution < 1.29 is 18.7 Å². The van der Waals surface area contributed by atoms with Gasteiger partial charge in [0.2, 0.25) is 0 Å². The van der Waals surface area contributed by atoms with Crippen molar-refractivity contribution in [3.8, 4) is 0 Å². The summed E-state index contributed by atoms with van der Waals surface area (Å²) in [6.45, 7) is 5.37. The van der Waals surface area contributed by atoms with Gasteiger partial charge in [0.1, 0.15) is 0 Å². The van der Waals surface area contributed by atoms with E-state index in [9.17, 15) is 9.67 Å². The van der Waals surface area contributed by atoms with Gasteiger partial charge in [0.05, 0.1) is 13.2 Å². The molecule has 1 atom stereocenters. The molecule has 0 aliphatic rings. The average molecular weight is 264 g/mol. The summed E-state index contributed by atoms with van der Waals surface area (Å²) in [5.74, 6) is 0. The van der Waals surface area contributed by atoms with Gasteiger partial charge in [-0.1, -0.05) is 6.07 Å². The maximum absolute atomic E-state index is 12.4. The Kier molecular flexibility index (Phi) is 4.71. The molecule has 0 fully saturated rings. The minimum absolute atomic E-state index is 0.235. The average Bonchev–Trinajstić information content (AvgIpc) is 2.71. The number of aliphatic hydroxyl groups is 1. The quantitative estimate of drug-likeness (QED) is 0.802. The van der Waals surface area contributed by atoms with Gasteiger partial charge >= 0.3 is 7.60 Å². The van der Waals surface area contributed by atoms with Crippen LogP contribution in [0.3, 0.4) is 0 Å². The van der Waals surface area contributed by atoms with Crippen LogP contribution in [-0.4, -0.2) is 18.3 Å². The first-order valence-corrected chi connectivity index (χ1v) is 7.55. The van der Waals surface area contributed by atoms with Gasteiger partial charge in [0.25, 0.3) is 0 Å². The first-order chi connectivity index (χ1) is 7.48. The summed E-state index contributed by atoms with van der Waals surface area (Å²) in [6.07, 6.45) is 0. The first-order valence-electron chi connectivity index (χ1n) is 5.13. The van der Waals surface area contributed by atoms with Gasteiger partial charge in [-0.05, 0) is 32.2 Å². The second kappa shape index (κ2) is 5.43. The van der Waals surface area contributed by atoms with Gasteiger partial charge in [-0.3, -0.25) is 4.57 Å². The zero-order chi connectivity index (χ0) is 12.2. The molecule has 92 valence electrons. The van der Waals surface area contributed by atoms with E-state index in [2.05, 4.69) is 0 Å². The molecule has 6 heteroatoms. The highest BCUT2D eigenvalue weighted by molar-refractivity contribution is 7.55. The van der Waals surface area contributed by atoms with E-state index in [1.54, 1.807) is 26.0 Å². The topological polar surface area (TPSA) is 55.8 Å². The van der Waals surface area contributed by atoms with Crippen LogP contribution in [0.4, 0.5) is 0 Å². The SMILES string of the molecule is CCOP(=O)(OCC)[C@@](C)(O)c1cccs1. The Labute approximate surface area is 99.7 Å². The van der Waals surface area contributed by atoms with Crippen LogP contribution in [0.5, 0.6) is 0 Å². The fourth-order valence-electron chi connectivity index (χ4n) is 1.31. The number of thiophene rings is 1. The van der Waals surface area contributed by atoms with Crippen molar-refractivity contribution in [3.05, 3.63) is 22.4 Å². The highest BCUT2D eigenvalue weighted by Gasteiger charge is 2.47. The van der Waals surface area contributed by atoms with E-state index in [-0.39, 0.29) is 13.2 Å². The molecule has 0 aliphatic heterocycles. The van der Waals surface area contributed by atoms with Gasteiger partial charge in [-0.15, -0.1) is 11.3 Å². The molecule has 0 saturated heterocycles. The lowest BCUT2D eigenvalue weighted by Crippen LogP contribution is -2.23. The van der Waals surface area contributed by atoms with Crippen molar-refractivity contribution in [2.24, 2.45) is 0 Å². The second-order valence-corrected chi connectivity index (χ2v) is 6.66. The van der Waals surface area contributed by atoms with E-state index in [1.807, 2.05) is 5.38 Å². The lowest BCUT2D eigenvalue weighted by Gasteiger charge is -2.30. The second-order valence-electron chi connectivity index (χ2n) is 3.33. The molecule has 0 saturated carbocycles. The van der Waals surface area contributed by atoms with Crippen molar-refractivity contribution >= 4 is 18.9 Å². The van der Waals surface area contributed by atoms with Crippen molar-refractivity contribution in [2.75, 3.05) is 13.2 Å². The molecule has 0 aliphatic carbocycles. The zero-order valence-corrected chi connectivity index (χ0v) is 11.4. The van der Waals surface area contributed by atoms with Gasteiger partial charge in [0.15, 0.2) is 5.34 Å². The summed E-state index contributed by atoms with van der Waals surface area (Å²) in [4.78, 5) is 0.581. The molecule has 0 unspecified atom stereocenters. The van der Waals surface area contributed by atoms with Crippen LogP contribution in [0.15, 0.2) is 17.5 Å². The Morgan fingerprint density at radius 3 is 2.38 bits per heavy atom. The third-order valence-corrected chi connectivity index (χ3v) is 5.86. The standard InChI is InChI=1S/C10H17O4PS/c1-4-13-15(12,14-5-2)10(3,11)9-7-6-8-16-9/h6-8,11H,4-5H2,1-3H3/t10-/m1/s1. The monoisotopic (exact) mass is 264 g/mol. The van der Waals surface area contributed by atoms with E-state index in [4.69, 9.17) is 9.05 Å². The number of hydrogen-bond donors (Lipinski definition) is 1. The predicted molar refractivity (Wildman–Crippen MR) is 64.7 cm³/mol. The molecule has 0 aromatic carbocycles. The summed E-state index contributed by atoms with van der Waals surface area (Å²) in [7, 11) is -3.55. The van der Waals surface area contributed by atoms with Crippen LogP contribution in [0.25, 0.3) is 0 Å². The van der Waals surface area contributed by atoms with Crippen molar-refractivity contribution in [1.82, 2.24) is 0 Å². The van der Waals surface area contributed by atoms with Gasteiger partial charge in [-0.25, -0.2) is 0 Å². The number of rotatable bonds is 6. The molecule has 0 spiro atoms. The molecule has 4 nitrogen and oxygen atoms in total. The molecule has 1 N–H and O–H groups in total. The van der Waals surface area contributed by atoms with Crippen molar-refractivity contribution in [3.63, 3.8) is 0 Å². The normalized spacial score (nSPS) is 16.0. The van der Waals surface area contributed by atoms with Crippen LogP contribution in [0, 0.1) is 0 Å². The van der Waals surface area contributed by atoms with Crippen molar-refractivity contribution in [2.45, 2.75) is 26.1 Å². The largest absolute Gasteiger partial charge is 0.373 e. The molecule has 0 amide bonds. The Morgan fingerprint density at radius 2 is 2.00 bits per heavy atom. The minimum atomic E-state index is -3.55. The molecule has 0 radical (unpaired) electrons. The summed E-state index contributed by atoms with van der Waals surface area (Å²) in [5, 5.41) is 10.6. The molecule has 1 rings (SSSR count). The minimum Gasteiger partial charge on any atom is -0.373 e. The third-order valence-electron chi connectivity index (χ3n) is 2.12. The smallest absolute Gasteiger partial charge is 0.367 e. The molecule has 1 aromatic rings. The van der Waals surface area contributed by atoms with Crippen LogP contribution in [0.1, 0.15) is 25.6 Å². The lowest BCUT2D eigenvalue weighted by molar-refractivity contribution is 0.0829. The van der Waals surface area contributed by atoms with E-state index < -0.39 is 12.9 Å². The molecule has 1 aromatic heterocycles. The Hall–Kier alpha value is -0.190. The maximum Gasteiger partial charge on any atom is 0.367 e. The van der Waals surface area contributed by atoms with E-state index >= 15 is 0 Å². The Morgan fingerprint density at radius 1 is 1.44 bits per heavy atom. The van der Waals surface area contributed by atoms with E-state index in [0.717, 1.165) is 0 Å². The fraction of sp³-hybridized carbons (Fsp3) is 0.600. The molecular weight excluding hydrogens is 247 g/mol. The Bertz CT molecular complexity index is 351. The summed E-state index contributed by atoms with van der Waals surface area (Å²) in [6, 6.07) is 3.51. The third kappa shape index (κ3) is 2.55. The van der Waals surface area contributed by atoms with Gasteiger partial charge in [-0.2, -0.15) is 0 Å². The molecule has 16 heavy (non-hydrogen) atoms. The highest BCUT2D eigenvalue weighted by atomic mass is 32.1. The van der Waals surface area contributed by atoms with Crippen LogP contribution in [0.2, 0.25) is 0 Å². The fourth-order valence-corrected chi connectivity index (χ4v) is 4.09. The first kappa shape index (κ1) is 13.9. The van der Waals surface area contributed by atoms with Gasteiger partial charge < -0.3 is 14.2 Å². The summed E-state index contributed by atoms with van der Waals surface area (Å²) in [5.41, 5.74) is 0. The Balaban J connectivity index is 3.06. The van der Waals surface area contributed by atoms with Crippen molar-refractivity contribution in [1.29, 1.82) is 0 Å². The lowest BCUT2D eigenvalue weighted by atomic mass is 10.3. The number of hydrogen-bond acceptors (Lipinski definition) is 5. The zero-order valence-electron chi connectivity index (χ0n) is 9.67. The highest BCUT2D eigenvalue weighted by Crippen LogP contribution is 2.63. The van der Waals surface area contributed by atoms with Crippen LogP contribution in [-0.2, 0) is 19.0 Å². The molecule has 1 heterocycles. The maximum atomic E-state index is 12.4. The van der Waals surface area contributed by atoms with Gasteiger partial charge in [0, 0.05) is 4.88 Å². The van der Waals surface area contributed by atoms with E-state index in [0.29, 0.717) is 4.88 Å². The van der Waals surface area contributed by atoms with Crippen LogP contribution >= 0.6 is 18.9 Å². The summed E-state index contributed by atoms with van der Waals surface area (Å²) < 4.78 is 22.7. The molecule has 0 bridgehead atoms. The van der Waals surface area contributed by atoms with E-state index in [1.165, 1.54) is 18.3 Å².